The Hall–Kier alpha value is -2.16. The van der Waals surface area contributed by atoms with E-state index >= 15 is 0 Å². The van der Waals surface area contributed by atoms with Gasteiger partial charge in [0.15, 0.2) is 0 Å². The van der Waals surface area contributed by atoms with E-state index in [4.69, 9.17) is 14.9 Å². The van der Waals surface area contributed by atoms with Crippen LogP contribution in [0.4, 0.5) is 0 Å². The largest absolute Gasteiger partial charge is 0.481 e. The third kappa shape index (κ3) is 18.2. The van der Waals surface area contributed by atoms with Gasteiger partial charge >= 0.3 is 11.9 Å². The molecule has 2 amide bonds. The van der Waals surface area contributed by atoms with Crippen molar-refractivity contribution in [1.82, 2.24) is 9.80 Å². The third-order valence-electron chi connectivity index (χ3n) is 5.33. The van der Waals surface area contributed by atoms with Gasteiger partial charge in [0.2, 0.25) is 11.8 Å². The Kier molecular flexibility index (Phi) is 19.0. The molecule has 212 valence electrons. The highest BCUT2D eigenvalue weighted by Crippen LogP contribution is 2.23. The van der Waals surface area contributed by atoms with Crippen LogP contribution in [-0.2, 0) is 23.9 Å². The second-order valence-electron chi connectivity index (χ2n) is 10.6. The molecular weight excluding hydrogens is 464 g/mol. The Labute approximate surface area is 218 Å². The molecule has 0 saturated carbocycles. The van der Waals surface area contributed by atoms with Crippen molar-refractivity contribution in [2.24, 2.45) is 10.8 Å². The molecule has 0 aromatic heterocycles. The molecule has 0 spiro atoms. The van der Waals surface area contributed by atoms with E-state index in [0.717, 1.165) is 12.8 Å². The van der Waals surface area contributed by atoms with Gasteiger partial charge in [0.1, 0.15) is 0 Å². The number of hydrogen-bond acceptors (Lipinski definition) is 5. The van der Waals surface area contributed by atoms with Gasteiger partial charge in [-0.05, 0) is 12.8 Å². The molecule has 0 aromatic rings. The van der Waals surface area contributed by atoms with Crippen molar-refractivity contribution in [3.8, 4) is 0 Å². The Morgan fingerprint density at radius 2 is 1.06 bits per heavy atom. The molecule has 0 aliphatic carbocycles. The number of hydrogen-bond donors (Lipinski definition) is 2. The summed E-state index contributed by atoms with van der Waals surface area (Å²) in [5.74, 6) is -1.97. The van der Waals surface area contributed by atoms with Crippen LogP contribution in [0.3, 0.4) is 0 Å². The van der Waals surface area contributed by atoms with E-state index in [0.29, 0.717) is 45.6 Å². The number of carboxylic acid groups (broad SMARTS) is 2. The van der Waals surface area contributed by atoms with Crippen molar-refractivity contribution in [1.29, 1.82) is 0 Å². The lowest BCUT2D eigenvalue weighted by Gasteiger charge is -2.35. The molecule has 0 rings (SSSR count). The normalized spacial score (nSPS) is 11.3. The monoisotopic (exact) mass is 516 g/mol. The molecule has 0 aromatic carbocycles. The topological polar surface area (TPSA) is 124 Å². The Morgan fingerprint density at radius 3 is 1.39 bits per heavy atom. The Bertz CT molecular complexity index is 663. The summed E-state index contributed by atoms with van der Waals surface area (Å²) in [5, 5.41) is 18.0. The maximum absolute atomic E-state index is 12.6. The highest BCUT2D eigenvalue weighted by atomic mass is 16.5. The number of carbonyl (C=O) groups is 4. The highest BCUT2D eigenvalue weighted by molar-refractivity contribution is 5.77. The summed E-state index contributed by atoms with van der Waals surface area (Å²) >= 11 is 0. The molecule has 36 heavy (non-hydrogen) atoms. The van der Waals surface area contributed by atoms with Crippen LogP contribution in [0.1, 0.15) is 100 Å². The standard InChI is InChI=1S/C25H46N2O7.C2H6/c1-7-9-11-21(29)27(15-13-23(32)33)17-25(5,6)19-34-18-24(3,4)16-26(14-12-22(30)31)20(28)10-8-2;1-2/h7-19H2,1-6H3,(H,30,31)(H,32,33);1-2H3. The van der Waals surface area contributed by atoms with E-state index in [1.807, 2.05) is 55.4 Å². The van der Waals surface area contributed by atoms with Crippen molar-refractivity contribution < 1.29 is 34.1 Å². The van der Waals surface area contributed by atoms with Gasteiger partial charge in [0.25, 0.3) is 0 Å². The van der Waals surface area contributed by atoms with Crippen molar-refractivity contribution in [2.45, 2.75) is 100 Å². The lowest BCUT2D eigenvalue weighted by molar-refractivity contribution is -0.140. The zero-order valence-electron chi connectivity index (χ0n) is 24.0. The van der Waals surface area contributed by atoms with Crippen molar-refractivity contribution in [2.75, 3.05) is 39.4 Å². The summed E-state index contributed by atoms with van der Waals surface area (Å²) in [7, 11) is 0. The van der Waals surface area contributed by atoms with E-state index in [2.05, 4.69) is 0 Å². The number of amides is 2. The molecule has 0 aliphatic heterocycles. The van der Waals surface area contributed by atoms with Crippen molar-refractivity contribution in [3.63, 3.8) is 0 Å². The maximum atomic E-state index is 12.6. The fraction of sp³-hybridized carbons (Fsp3) is 0.852. The molecule has 9 nitrogen and oxygen atoms in total. The first-order valence-electron chi connectivity index (χ1n) is 13.3. The molecular formula is C27H52N2O7. The number of carboxylic acids is 2. The SMILES string of the molecule is CC.CCCCC(=O)N(CCC(=O)O)CC(C)(C)COCC(C)(C)CN(CCC(=O)O)C(=O)CCC. The first kappa shape index (κ1) is 36.0. The maximum Gasteiger partial charge on any atom is 0.305 e. The first-order valence-corrected chi connectivity index (χ1v) is 13.3. The average Bonchev–Trinajstić information content (AvgIpc) is 2.78. The summed E-state index contributed by atoms with van der Waals surface area (Å²) in [4.78, 5) is 50.3. The number of ether oxygens (including phenoxy) is 1. The number of aliphatic carboxylic acids is 2. The minimum atomic E-state index is -0.939. The van der Waals surface area contributed by atoms with Crippen molar-refractivity contribution >= 4 is 23.8 Å². The van der Waals surface area contributed by atoms with Gasteiger partial charge in [-0.25, -0.2) is 0 Å². The molecule has 0 bridgehead atoms. The van der Waals surface area contributed by atoms with Gasteiger partial charge in [0.05, 0.1) is 26.1 Å². The van der Waals surface area contributed by atoms with E-state index in [-0.39, 0.29) is 37.7 Å². The second-order valence-corrected chi connectivity index (χ2v) is 10.6. The van der Waals surface area contributed by atoms with Crippen molar-refractivity contribution in [3.05, 3.63) is 0 Å². The van der Waals surface area contributed by atoms with Crippen LogP contribution in [0.25, 0.3) is 0 Å². The molecule has 0 heterocycles. The van der Waals surface area contributed by atoms with E-state index in [1.165, 1.54) is 0 Å². The van der Waals surface area contributed by atoms with Crippen LogP contribution in [0.15, 0.2) is 0 Å². The lowest BCUT2D eigenvalue weighted by Crippen LogP contribution is -2.44. The quantitative estimate of drug-likeness (QED) is 0.255. The van der Waals surface area contributed by atoms with Crippen LogP contribution in [-0.4, -0.2) is 83.2 Å². The smallest absolute Gasteiger partial charge is 0.305 e. The van der Waals surface area contributed by atoms with Gasteiger partial charge in [0, 0.05) is 49.9 Å². The minimum absolute atomic E-state index is 0.0417. The van der Waals surface area contributed by atoms with Crippen LogP contribution in [0, 0.1) is 10.8 Å². The minimum Gasteiger partial charge on any atom is -0.481 e. The molecule has 0 radical (unpaired) electrons. The van der Waals surface area contributed by atoms with Gasteiger partial charge in [-0.15, -0.1) is 0 Å². The van der Waals surface area contributed by atoms with Gasteiger partial charge in [-0.1, -0.05) is 61.8 Å². The third-order valence-corrected chi connectivity index (χ3v) is 5.33. The molecule has 0 fully saturated rings. The summed E-state index contributed by atoms with van der Waals surface area (Å²) in [6.07, 6.45) is 2.94. The van der Waals surface area contributed by atoms with Crippen LogP contribution >= 0.6 is 0 Å². The Balaban J connectivity index is 0. The first-order chi connectivity index (χ1) is 16.7. The molecule has 0 aliphatic rings. The summed E-state index contributed by atoms with van der Waals surface area (Å²) in [5.41, 5.74) is -0.782. The number of unbranched alkanes of at least 4 members (excludes halogenated alkanes) is 1. The highest BCUT2D eigenvalue weighted by Gasteiger charge is 2.29. The fourth-order valence-electron chi connectivity index (χ4n) is 3.63. The second kappa shape index (κ2) is 19.0. The molecule has 2 N–H and O–H groups in total. The fourth-order valence-corrected chi connectivity index (χ4v) is 3.63. The van der Waals surface area contributed by atoms with Gasteiger partial charge in [-0.2, -0.15) is 0 Å². The average molecular weight is 517 g/mol. The van der Waals surface area contributed by atoms with Gasteiger partial charge < -0.3 is 24.7 Å². The number of rotatable bonds is 19. The molecule has 0 saturated heterocycles. The van der Waals surface area contributed by atoms with E-state index < -0.39 is 22.8 Å². The van der Waals surface area contributed by atoms with E-state index in [9.17, 15) is 19.2 Å². The molecule has 0 atom stereocenters. The summed E-state index contributed by atoms with van der Waals surface area (Å²) < 4.78 is 6.01. The summed E-state index contributed by atoms with van der Waals surface area (Å²) in [6.45, 7) is 17.7. The van der Waals surface area contributed by atoms with Gasteiger partial charge in [-0.3, -0.25) is 19.2 Å². The van der Waals surface area contributed by atoms with Crippen LogP contribution in [0.5, 0.6) is 0 Å². The predicted molar refractivity (Wildman–Crippen MR) is 142 cm³/mol. The van der Waals surface area contributed by atoms with Crippen LogP contribution in [0.2, 0.25) is 0 Å². The molecule has 9 heteroatoms. The Morgan fingerprint density at radius 1 is 0.667 bits per heavy atom. The number of nitrogens with zero attached hydrogens (tertiary/aromatic N) is 2. The number of carbonyl (C=O) groups excluding carboxylic acids is 2. The predicted octanol–water partition coefficient (Wildman–Crippen LogP) is 4.68. The zero-order valence-corrected chi connectivity index (χ0v) is 24.0. The van der Waals surface area contributed by atoms with Crippen LogP contribution < -0.4 is 0 Å². The lowest BCUT2D eigenvalue weighted by atomic mass is 9.91. The van der Waals surface area contributed by atoms with E-state index in [1.54, 1.807) is 9.80 Å². The molecule has 0 unspecified atom stereocenters. The zero-order chi connectivity index (χ0) is 28.4. The summed E-state index contributed by atoms with van der Waals surface area (Å²) in [6, 6.07) is 0.